The fourth-order valence-electron chi connectivity index (χ4n) is 3.48. The van der Waals surface area contributed by atoms with Crippen LogP contribution in [-0.4, -0.2) is 38.9 Å². The lowest BCUT2D eigenvalue weighted by molar-refractivity contribution is -0.274. The summed E-state index contributed by atoms with van der Waals surface area (Å²) in [4.78, 5) is 24.4. The first kappa shape index (κ1) is 24.7. The zero-order chi connectivity index (χ0) is 25.7. The summed E-state index contributed by atoms with van der Waals surface area (Å²) in [5.41, 5.74) is 3.47. The topological polar surface area (TPSA) is 112 Å². The number of rotatable bonds is 8. The predicted octanol–water partition coefficient (Wildman–Crippen LogP) is 4.89. The zero-order valence-corrected chi connectivity index (χ0v) is 19.0. The number of aliphatic hydroxyl groups is 1. The second-order valence-electron chi connectivity index (χ2n) is 7.84. The fourth-order valence-corrected chi connectivity index (χ4v) is 3.48. The first-order chi connectivity index (χ1) is 17.2. The van der Waals surface area contributed by atoms with Gasteiger partial charge < -0.3 is 25.5 Å². The van der Waals surface area contributed by atoms with Crippen molar-refractivity contribution < 1.29 is 27.8 Å². The van der Waals surface area contributed by atoms with Crippen molar-refractivity contribution in [3.8, 4) is 17.0 Å². The van der Waals surface area contributed by atoms with Gasteiger partial charge in [-0.15, -0.1) is 13.2 Å². The predicted molar refractivity (Wildman–Crippen MR) is 127 cm³/mol. The molecule has 4 aromatic rings. The fraction of sp³-hybridized carbons (Fsp3) is 0.160. The van der Waals surface area contributed by atoms with Crippen LogP contribution in [0.3, 0.4) is 0 Å². The van der Waals surface area contributed by atoms with Gasteiger partial charge in [0.2, 0.25) is 5.95 Å². The number of halogens is 3. The smallest absolute Gasteiger partial charge is 0.406 e. The molecule has 186 valence electrons. The Balaban J connectivity index is 1.48. The number of nitrogens with zero attached hydrogens (tertiary/aromatic N) is 2. The molecule has 0 aliphatic rings. The molecule has 1 amide bonds. The summed E-state index contributed by atoms with van der Waals surface area (Å²) in [6.07, 6.45) is -1.54. The third kappa shape index (κ3) is 6.19. The van der Waals surface area contributed by atoms with Crippen molar-refractivity contribution in [2.24, 2.45) is 0 Å². The van der Waals surface area contributed by atoms with Gasteiger partial charge in [-0.2, -0.15) is 0 Å². The molecule has 0 saturated carbocycles. The van der Waals surface area contributed by atoms with E-state index in [4.69, 9.17) is 0 Å². The first-order valence-corrected chi connectivity index (χ1v) is 10.8. The number of amides is 1. The van der Waals surface area contributed by atoms with Crippen LogP contribution in [0.2, 0.25) is 0 Å². The number of alkyl halides is 3. The van der Waals surface area contributed by atoms with Crippen molar-refractivity contribution in [2.75, 3.05) is 11.9 Å². The second kappa shape index (κ2) is 10.5. The summed E-state index contributed by atoms with van der Waals surface area (Å²) < 4.78 is 40.9. The van der Waals surface area contributed by atoms with E-state index in [-0.39, 0.29) is 24.0 Å². The number of hydrogen-bond donors (Lipinski definition) is 4. The van der Waals surface area contributed by atoms with E-state index in [1.54, 1.807) is 18.5 Å². The number of H-pyrrole nitrogens is 1. The van der Waals surface area contributed by atoms with E-state index in [1.165, 1.54) is 24.3 Å². The number of aromatic nitrogens is 3. The molecule has 0 aliphatic carbocycles. The second-order valence-corrected chi connectivity index (χ2v) is 7.84. The van der Waals surface area contributed by atoms with Crippen LogP contribution in [0, 0.1) is 6.92 Å². The summed E-state index contributed by atoms with van der Waals surface area (Å²) in [7, 11) is 0. The summed E-state index contributed by atoms with van der Waals surface area (Å²) in [5, 5.41) is 15.4. The monoisotopic (exact) mass is 497 g/mol. The number of aryl methyl sites for hydroxylation is 1. The van der Waals surface area contributed by atoms with E-state index < -0.39 is 18.3 Å². The van der Waals surface area contributed by atoms with Gasteiger partial charge in [0.15, 0.2) is 0 Å². The average molecular weight is 497 g/mol. The normalized spacial score (nSPS) is 12.1. The standard InChI is InChI=1S/C25H22F3N5O3/c1-15-12-30-24(31-18-7-9-19(10-8-18)36-25(26,27)28)33-22(15)17-11-20(29-13-17)23(35)32-21(14-34)16-5-3-2-4-6-16/h2-13,21,29,34H,14H2,1H3,(H,32,35)(H,30,31,33). The number of carbonyl (C=O) groups is 1. The van der Waals surface area contributed by atoms with Crippen molar-refractivity contribution >= 4 is 17.5 Å². The van der Waals surface area contributed by atoms with Gasteiger partial charge in [-0.3, -0.25) is 4.79 Å². The Bertz CT molecular complexity index is 1330. The van der Waals surface area contributed by atoms with Gasteiger partial charge in [-0.05, 0) is 48.4 Å². The molecule has 2 aromatic heterocycles. The average Bonchev–Trinajstić information content (AvgIpc) is 3.35. The lowest BCUT2D eigenvalue weighted by Gasteiger charge is -2.16. The molecule has 1 atom stereocenters. The van der Waals surface area contributed by atoms with E-state index in [9.17, 15) is 23.1 Å². The molecule has 2 aromatic carbocycles. The molecular formula is C25H22F3N5O3. The Morgan fingerprint density at radius 1 is 1.14 bits per heavy atom. The Kier molecular flexibility index (Phi) is 7.20. The summed E-state index contributed by atoms with van der Waals surface area (Å²) in [5.74, 6) is -0.514. The molecule has 4 rings (SSSR count). The third-order valence-corrected chi connectivity index (χ3v) is 5.21. The summed E-state index contributed by atoms with van der Waals surface area (Å²) in [6, 6.07) is 15.4. The van der Waals surface area contributed by atoms with E-state index in [0.717, 1.165) is 11.1 Å². The van der Waals surface area contributed by atoms with Crippen LogP contribution >= 0.6 is 0 Å². The first-order valence-electron chi connectivity index (χ1n) is 10.8. The maximum atomic E-state index is 12.8. The molecule has 11 heteroatoms. The Hall–Kier alpha value is -4.38. The van der Waals surface area contributed by atoms with Gasteiger partial charge in [0.1, 0.15) is 11.4 Å². The summed E-state index contributed by atoms with van der Waals surface area (Å²) >= 11 is 0. The number of ether oxygens (including phenoxy) is 1. The third-order valence-electron chi connectivity index (χ3n) is 5.21. The van der Waals surface area contributed by atoms with E-state index >= 15 is 0 Å². The number of anilines is 2. The molecule has 0 aliphatic heterocycles. The lowest BCUT2D eigenvalue weighted by Crippen LogP contribution is -2.30. The number of benzene rings is 2. The van der Waals surface area contributed by atoms with Crippen molar-refractivity contribution in [3.05, 3.63) is 89.9 Å². The van der Waals surface area contributed by atoms with Crippen LogP contribution in [0.1, 0.15) is 27.7 Å². The lowest BCUT2D eigenvalue weighted by atomic mass is 10.1. The molecular weight excluding hydrogens is 475 g/mol. The van der Waals surface area contributed by atoms with E-state index in [1.807, 2.05) is 37.3 Å². The van der Waals surface area contributed by atoms with Gasteiger partial charge in [0, 0.05) is 23.6 Å². The Morgan fingerprint density at radius 3 is 2.53 bits per heavy atom. The molecule has 8 nitrogen and oxygen atoms in total. The van der Waals surface area contributed by atoms with Gasteiger partial charge in [-0.25, -0.2) is 9.97 Å². The number of aliphatic hydroxyl groups excluding tert-OH is 1. The SMILES string of the molecule is Cc1cnc(Nc2ccc(OC(F)(F)F)cc2)nc1-c1c[nH]c(C(=O)NC(CO)c2ccccc2)c1. The van der Waals surface area contributed by atoms with E-state index in [2.05, 4.69) is 30.3 Å². The molecule has 0 saturated heterocycles. The number of hydrogen-bond acceptors (Lipinski definition) is 6. The highest BCUT2D eigenvalue weighted by molar-refractivity contribution is 5.94. The number of aromatic amines is 1. The number of nitrogens with one attached hydrogen (secondary N) is 3. The highest BCUT2D eigenvalue weighted by atomic mass is 19.4. The minimum absolute atomic E-state index is 0.219. The van der Waals surface area contributed by atoms with Crippen LogP contribution in [0.25, 0.3) is 11.3 Å². The highest BCUT2D eigenvalue weighted by Gasteiger charge is 2.31. The maximum absolute atomic E-state index is 12.8. The van der Waals surface area contributed by atoms with Crippen LogP contribution in [0.4, 0.5) is 24.8 Å². The van der Waals surface area contributed by atoms with Crippen molar-refractivity contribution in [1.82, 2.24) is 20.3 Å². The molecule has 2 heterocycles. The molecule has 36 heavy (non-hydrogen) atoms. The van der Waals surface area contributed by atoms with Gasteiger partial charge >= 0.3 is 6.36 Å². The zero-order valence-electron chi connectivity index (χ0n) is 19.0. The Morgan fingerprint density at radius 2 is 1.86 bits per heavy atom. The van der Waals surface area contributed by atoms with Crippen LogP contribution < -0.4 is 15.4 Å². The van der Waals surface area contributed by atoms with Gasteiger partial charge in [0.25, 0.3) is 5.91 Å². The molecule has 4 N–H and O–H groups in total. The molecule has 0 radical (unpaired) electrons. The van der Waals surface area contributed by atoms with Crippen LogP contribution in [-0.2, 0) is 0 Å². The summed E-state index contributed by atoms with van der Waals surface area (Å²) in [6.45, 7) is 1.55. The quantitative estimate of drug-likeness (QED) is 0.276. The largest absolute Gasteiger partial charge is 0.573 e. The molecule has 1 unspecified atom stereocenters. The maximum Gasteiger partial charge on any atom is 0.573 e. The van der Waals surface area contributed by atoms with Gasteiger partial charge in [0.05, 0.1) is 18.3 Å². The van der Waals surface area contributed by atoms with Crippen molar-refractivity contribution in [2.45, 2.75) is 19.3 Å². The van der Waals surface area contributed by atoms with Crippen LogP contribution in [0.5, 0.6) is 5.75 Å². The minimum atomic E-state index is -4.77. The van der Waals surface area contributed by atoms with Crippen molar-refractivity contribution in [1.29, 1.82) is 0 Å². The highest BCUT2D eigenvalue weighted by Crippen LogP contribution is 2.27. The van der Waals surface area contributed by atoms with Crippen molar-refractivity contribution in [3.63, 3.8) is 0 Å². The molecule has 0 fully saturated rings. The number of carbonyl (C=O) groups excluding carboxylic acids is 1. The minimum Gasteiger partial charge on any atom is -0.406 e. The van der Waals surface area contributed by atoms with Crippen LogP contribution in [0.15, 0.2) is 73.1 Å². The van der Waals surface area contributed by atoms with Gasteiger partial charge in [-0.1, -0.05) is 30.3 Å². The molecule has 0 bridgehead atoms. The molecule has 0 spiro atoms. The van der Waals surface area contributed by atoms with E-state index in [0.29, 0.717) is 16.9 Å². The Labute approximate surface area is 204 Å².